The van der Waals surface area contributed by atoms with Gasteiger partial charge in [0, 0.05) is 19.3 Å². The van der Waals surface area contributed by atoms with E-state index in [0.717, 1.165) is 0 Å². The first-order valence-electron chi connectivity index (χ1n) is 4.96. The lowest BCUT2D eigenvalue weighted by Crippen LogP contribution is -2.02. The van der Waals surface area contributed by atoms with Crippen molar-refractivity contribution in [3.63, 3.8) is 0 Å². The normalized spacial score (nSPS) is 10.2. The molecule has 88 valence electrons. The molecule has 2 aromatic rings. The van der Waals surface area contributed by atoms with Crippen LogP contribution in [0.4, 0.5) is 17.2 Å². The van der Waals surface area contributed by atoms with E-state index in [1.165, 1.54) is 12.1 Å². The van der Waals surface area contributed by atoms with E-state index in [2.05, 4.69) is 10.4 Å². The van der Waals surface area contributed by atoms with Crippen LogP contribution in [0.3, 0.4) is 0 Å². The van der Waals surface area contributed by atoms with E-state index in [9.17, 15) is 4.79 Å². The molecular weight excluding hydrogens is 220 g/mol. The Hall–Kier alpha value is -2.50. The number of aryl methyl sites for hydroxylation is 1. The summed E-state index contributed by atoms with van der Waals surface area (Å²) in [6.07, 6.45) is 1.78. The smallest absolute Gasteiger partial charge is 0.335 e. The van der Waals surface area contributed by atoms with E-state index in [-0.39, 0.29) is 5.56 Å². The van der Waals surface area contributed by atoms with Gasteiger partial charge in [-0.25, -0.2) is 4.79 Å². The van der Waals surface area contributed by atoms with E-state index in [1.807, 2.05) is 0 Å². The van der Waals surface area contributed by atoms with Crippen molar-refractivity contribution in [2.24, 2.45) is 7.05 Å². The van der Waals surface area contributed by atoms with Crippen LogP contribution < -0.4 is 11.1 Å². The van der Waals surface area contributed by atoms with Gasteiger partial charge in [0.15, 0.2) is 5.82 Å². The fourth-order valence-corrected chi connectivity index (χ4v) is 1.42. The van der Waals surface area contributed by atoms with Crippen molar-refractivity contribution >= 4 is 23.2 Å². The zero-order chi connectivity index (χ0) is 12.4. The third kappa shape index (κ3) is 2.36. The molecule has 0 radical (unpaired) electrons. The van der Waals surface area contributed by atoms with Crippen molar-refractivity contribution in [1.82, 2.24) is 9.78 Å². The Bertz CT molecular complexity index is 562. The number of hydrogen-bond acceptors (Lipinski definition) is 4. The highest BCUT2D eigenvalue weighted by atomic mass is 16.4. The molecule has 2 rings (SSSR count). The molecular formula is C11H12N4O2. The number of rotatable bonds is 3. The Morgan fingerprint density at radius 3 is 2.82 bits per heavy atom. The largest absolute Gasteiger partial charge is 0.478 e. The Morgan fingerprint density at radius 2 is 2.24 bits per heavy atom. The first-order chi connectivity index (χ1) is 8.06. The Morgan fingerprint density at radius 1 is 1.47 bits per heavy atom. The molecule has 0 aliphatic rings. The highest BCUT2D eigenvalue weighted by Crippen LogP contribution is 2.23. The Kier molecular flexibility index (Phi) is 2.70. The number of nitrogens with two attached hydrogens (primary N) is 1. The number of aromatic nitrogens is 2. The average Bonchev–Trinajstić information content (AvgIpc) is 2.67. The fraction of sp³-hybridized carbons (Fsp3) is 0.0909. The van der Waals surface area contributed by atoms with Gasteiger partial charge in [0.1, 0.15) is 0 Å². The number of benzene rings is 1. The lowest BCUT2D eigenvalue weighted by Gasteiger charge is -2.07. The number of carboxylic acids is 1. The molecule has 17 heavy (non-hydrogen) atoms. The number of carboxylic acid groups (broad SMARTS) is 1. The van der Waals surface area contributed by atoms with E-state index < -0.39 is 5.97 Å². The van der Waals surface area contributed by atoms with Crippen LogP contribution in [-0.2, 0) is 7.05 Å². The van der Waals surface area contributed by atoms with Gasteiger partial charge in [-0.3, -0.25) is 4.68 Å². The number of carbonyl (C=O) groups is 1. The number of anilines is 3. The van der Waals surface area contributed by atoms with Crippen LogP contribution in [0.15, 0.2) is 30.5 Å². The van der Waals surface area contributed by atoms with Crippen molar-refractivity contribution in [3.8, 4) is 0 Å². The van der Waals surface area contributed by atoms with Crippen LogP contribution in [-0.4, -0.2) is 20.9 Å². The van der Waals surface area contributed by atoms with Gasteiger partial charge in [0.25, 0.3) is 0 Å². The van der Waals surface area contributed by atoms with E-state index in [1.54, 1.807) is 30.1 Å². The van der Waals surface area contributed by atoms with Gasteiger partial charge in [-0.05, 0) is 18.2 Å². The zero-order valence-electron chi connectivity index (χ0n) is 9.21. The molecule has 1 heterocycles. The Balaban J connectivity index is 2.31. The second kappa shape index (κ2) is 4.17. The summed E-state index contributed by atoms with van der Waals surface area (Å²) in [7, 11) is 1.79. The minimum atomic E-state index is -0.992. The highest BCUT2D eigenvalue weighted by molar-refractivity contribution is 5.91. The number of aromatic carboxylic acids is 1. The third-order valence-corrected chi connectivity index (χ3v) is 2.28. The topological polar surface area (TPSA) is 93.2 Å². The first kappa shape index (κ1) is 11.0. The maximum Gasteiger partial charge on any atom is 0.335 e. The monoisotopic (exact) mass is 232 g/mol. The van der Waals surface area contributed by atoms with Gasteiger partial charge in [0.2, 0.25) is 0 Å². The van der Waals surface area contributed by atoms with E-state index in [4.69, 9.17) is 10.8 Å². The molecule has 4 N–H and O–H groups in total. The molecule has 1 aromatic carbocycles. The molecule has 0 amide bonds. The fourth-order valence-electron chi connectivity index (χ4n) is 1.42. The quantitative estimate of drug-likeness (QED) is 0.696. The lowest BCUT2D eigenvalue weighted by molar-refractivity contribution is 0.0697. The maximum absolute atomic E-state index is 10.8. The molecule has 0 bridgehead atoms. The van der Waals surface area contributed by atoms with Crippen molar-refractivity contribution in [2.45, 2.75) is 0 Å². The number of nitrogens with zero attached hydrogens (tertiary/aromatic N) is 2. The summed E-state index contributed by atoms with van der Waals surface area (Å²) in [4.78, 5) is 10.8. The van der Waals surface area contributed by atoms with E-state index >= 15 is 0 Å². The molecule has 0 atom stereocenters. The van der Waals surface area contributed by atoms with Gasteiger partial charge >= 0.3 is 5.97 Å². The molecule has 0 aliphatic carbocycles. The molecule has 0 saturated carbocycles. The lowest BCUT2D eigenvalue weighted by atomic mass is 10.1. The SMILES string of the molecule is Cn1ccc(Nc2cc(C(=O)O)ccc2N)n1. The van der Waals surface area contributed by atoms with Crippen molar-refractivity contribution < 1.29 is 9.90 Å². The first-order valence-corrected chi connectivity index (χ1v) is 4.96. The minimum Gasteiger partial charge on any atom is -0.478 e. The average molecular weight is 232 g/mol. The second-order valence-corrected chi connectivity index (χ2v) is 3.61. The van der Waals surface area contributed by atoms with Gasteiger partial charge in [-0.15, -0.1) is 0 Å². The van der Waals surface area contributed by atoms with Gasteiger partial charge < -0.3 is 16.2 Å². The van der Waals surface area contributed by atoms with Crippen LogP contribution in [0.1, 0.15) is 10.4 Å². The predicted octanol–water partition coefficient (Wildman–Crippen LogP) is 1.44. The summed E-state index contributed by atoms with van der Waals surface area (Å²) in [5.74, 6) is -0.379. The van der Waals surface area contributed by atoms with Crippen molar-refractivity contribution in [2.75, 3.05) is 11.1 Å². The summed E-state index contributed by atoms with van der Waals surface area (Å²) in [6.45, 7) is 0. The molecule has 1 aromatic heterocycles. The minimum absolute atomic E-state index is 0.178. The van der Waals surface area contributed by atoms with Crippen LogP contribution in [0.5, 0.6) is 0 Å². The summed E-state index contributed by atoms with van der Waals surface area (Å²) in [6, 6.07) is 6.26. The third-order valence-electron chi connectivity index (χ3n) is 2.28. The van der Waals surface area contributed by atoms with Gasteiger partial charge in [-0.2, -0.15) is 5.10 Å². The summed E-state index contributed by atoms with van der Waals surface area (Å²) >= 11 is 0. The predicted molar refractivity (Wildman–Crippen MR) is 64.3 cm³/mol. The molecule has 0 saturated heterocycles. The van der Waals surface area contributed by atoms with Crippen LogP contribution in [0.2, 0.25) is 0 Å². The summed E-state index contributed by atoms with van der Waals surface area (Å²) in [5, 5.41) is 16.0. The van der Waals surface area contributed by atoms with Crippen LogP contribution in [0.25, 0.3) is 0 Å². The summed E-state index contributed by atoms with van der Waals surface area (Å²) in [5.41, 5.74) is 6.94. The summed E-state index contributed by atoms with van der Waals surface area (Å²) < 4.78 is 1.64. The standard InChI is InChI=1S/C11H12N4O2/c1-15-5-4-10(14-15)13-9-6-7(11(16)17)2-3-8(9)12/h2-6H,12H2,1H3,(H,13,14)(H,16,17). The highest BCUT2D eigenvalue weighted by Gasteiger charge is 2.07. The second-order valence-electron chi connectivity index (χ2n) is 3.61. The number of nitrogens with one attached hydrogen (secondary N) is 1. The molecule has 6 nitrogen and oxygen atoms in total. The molecule has 0 unspecified atom stereocenters. The van der Waals surface area contributed by atoms with Crippen molar-refractivity contribution in [3.05, 3.63) is 36.0 Å². The number of hydrogen-bond donors (Lipinski definition) is 3. The van der Waals surface area contributed by atoms with Crippen LogP contribution >= 0.6 is 0 Å². The van der Waals surface area contributed by atoms with Crippen LogP contribution in [0, 0.1) is 0 Å². The number of nitrogen functional groups attached to an aromatic ring is 1. The molecule has 0 aliphatic heterocycles. The molecule has 0 spiro atoms. The molecule has 6 heteroatoms. The maximum atomic E-state index is 10.8. The zero-order valence-corrected chi connectivity index (χ0v) is 9.21. The molecule has 0 fully saturated rings. The Labute approximate surface area is 97.7 Å². The van der Waals surface area contributed by atoms with Gasteiger partial charge in [-0.1, -0.05) is 0 Å². The van der Waals surface area contributed by atoms with E-state index in [0.29, 0.717) is 17.2 Å². The van der Waals surface area contributed by atoms with Crippen molar-refractivity contribution in [1.29, 1.82) is 0 Å². The van der Waals surface area contributed by atoms with Gasteiger partial charge in [0.05, 0.1) is 16.9 Å².